The van der Waals surface area contributed by atoms with Crippen molar-refractivity contribution in [2.45, 2.75) is 25.9 Å². The molecule has 0 aromatic heterocycles. The Morgan fingerprint density at radius 3 is 2.67 bits per heavy atom. The zero-order valence-corrected chi connectivity index (χ0v) is 16.9. The Bertz CT molecular complexity index is 940. The van der Waals surface area contributed by atoms with Crippen LogP contribution in [0.2, 0.25) is 0 Å². The van der Waals surface area contributed by atoms with E-state index in [1.807, 2.05) is 29.2 Å². The van der Waals surface area contributed by atoms with Gasteiger partial charge >= 0.3 is 0 Å². The second-order valence-electron chi connectivity index (χ2n) is 7.84. The first kappa shape index (κ1) is 20.0. The van der Waals surface area contributed by atoms with Gasteiger partial charge in [-0.05, 0) is 43.0 Å². The lowest BCUT2D eigenvalue weighted by atomic mass is 9.98. The molecule has 0 bridgehead atoms. The van der Waals surface area contributed by atoms with Crippen LogP contribution in [0.25, 0.3) is 0 Å². The molecule has 2 aliphatic heterocycles. The van der Waals surface area contributed by atoms with E-state index in [0.717, 1.165) is 25.9 Å². The molecular formula is C22H25N3O5. The molecule has 1 unspecified atom stereocenters. The summed E-state index contributed by atoms with van der Waals surface area (Å²) in [5.41, 5.74) is 0.792. The van der Waals surface area contributed by atoms with E-state index >= 15 is 0 Å². The van der Waals surface area contributed by atoms with Crippen LogP contribution in [0.1, 0.15) is 30.1 Å². The molecule has 2 aromatic rings. The lowest BCUT2D eigenvalue weighted by Gasteiger charge is -2.31. The van der Waals surface area contributed by atoms with Crippen molar-refractivity contribution < 1.29 is 19.2 Å². The summed E-state index contributed by atoms with van der Waals surface area (Å²) in [6.07, 6.45) is 1.69. The maximum atomic E-state index is 12.6. The van der Waals surface area contributed by atoms with E-state index in [1.165, 1.54) is 6.07 Å². The first-order valence-corrected chi connectivity index (χ1v) is 10.2. The van der Waals surface area contributed by atoms with E-state index in [4.69, 9.17) is 9.47 Å². The van der Waals surface area contributed by atoms with Gasteiger partial charge in [0.25, 0.3) is 11.6 Å². The van der Waals surface area contributed by atoms with Crippen LogP contribution in [-0.2, 0) is 0 Å². The normalized spacial score (nSPS) is 18.7. The Balaban J connectivity index is 1.41. The first-order valence-electron chi connectivity index (χ1n) is 10.2. The van der Waals surface area contributed by atoms with Crippen LogP contribution in [0.5, 0.6) is 11.5 Å². The smallest absolute Gasteiger partial charge is 0.293 e. The molecular weight excluding hydrogens is 386 g/mol. The molecule has 2 aliphatic rings. The average molecular weight is 411 g/mol. The molecule has 0 saturated carbocycles. The zero-order chi connectivity index (χ0) is 21.1. The lowest BCUT2D eigenvalue weighted by Crippen LogP contribution is -2.40. The summed E-state index contributed by atoms with van der Waals surface area (Å²) < 4.78 is 11.5. The Morgan fingerprint density at radius 1 is 1.20 bits per heavy atom. The predicted molar refractivity (Wildman–Crippen MR) is 112 cm³/mol. The van der Waals surface area contributed by atoms with Gasteiger partial charge in [-0.2, -0.15) is 0 Å². The monoisotopic (exact) mass is 411 g/mol. The number of hydrogen-bond donors (Lipinski definition) is 1. The SMILES string of the molecule is CC1CCN(c2ccc(C(=O)NCC3COc4ccccc4O3)cc2[N+](=O)[O-])CC1. The number of nitro benzene ring substituents is 1. The third-order valence-electron chi connectivity index (χ3n) is 5.62. The van der Waals surface area contributed by atoms with Gasteiger partial charge in [-0.3, -0.25) is 14.9 Å². The maximum Gasteiger partial charge on any atom is 0.293 e. The summed E-state index contributed by atoms with van der Waals surface area (Å²) in [6.45, 7) is 4.33. The lowest BCUT2D eigenvalue weighted by molar-refractivity contribution is -0.384. The first-order chi connectivity index (χ1) is 14.5. The van der Waals surface area contributed by atoms with Crippen molar-refractivity contribution >= 4 is 17.3 Å². The molecule has 0 radical (unpaired) electrons. The van der Waals surface area contributed by atoms with Crippen LogP contribution in [-0.4, -0.2) is 43.2 Å². The van der Waals surface area contributed by atoms with Crippen LogP contribution < -0.4 is 19.7 Å². The standard InChI is InChI=1S/C22H25N3O5/c1-15-8-10-24(11-9-15)18-7-6-16(12-19(18)25(27)28)22(26)23-13-17-14-29-20-4-2-3-5-21(20)30-17/h2-7,12,15,17H,8-11,13-14H2,1H3,(H,23,26). The van der Waals surface area contributed by atoms with E-state index in [9.17, 15) is 14.9 Å². The summed E-state index contributed by atoms with van der Waals surface area (Å²) in [6, 6.07) is 12.0. The number of benzene rings is 2. The number of nitrogens with one attached hydrogen (secondary N) is 1. The Hall–Kier alpha value is -3.29. The molecule has 8 nitrogen and oxygen atoms in total. The second-order valence-corrected chi connectivity index (χ2v) is 7.84. The number of ether oxygens (including phenoxy) is 2. The highest BCUT2D eigenvalue weighted by atomic mass is 16.6. The fourth-order valence-electron chi connectivity index (χ4n) is 3.80. The summed E-state index contributed by atoms with van der Waals surface area (Å²) in [4.78, 5) is 25.8. The van der Waals surface area contributed by atoms with Crippen LogP contribution in [0.15, 0.2) is 42.5 Å². The molecule has 1 atom stereocenters. The summed E-state index contributed by atoms with van der Waals surface area (Å²) in [5, 5.41) is 14.4. The number of nitro groups is 1. The molecule has 4 rings (SSSR count). The fourth-order valence-corrected chi connectivity index (χ4v) is 3.80. The van der Waals surface area contributed by atoms with Gasteiger partial charge in [0.05, 0.1) is 11.5 Å². The number of rotatable bonds is 5. The van der Waals surface area contributed by atoms with Crippen LogP contribution in [0.4, 0.5) is 11.4 Å². The minimum atomic E-state index is -0.417. The summed E-state index contributed by atoms with van der Waals surface area (Å²) in [5.74, 6) is 1.57. The third kappa shape index (κ3) is 4.32. The fraction of sp³-hybridized carbons (Fsp3) is 0.409. The number of carbonyl (C=O) groups is 1. The van der Waals surface area contributed by atoms with Crippen molar-refractivity contribution in [3.05, 3.63) is 58.1 Å². The molecule has 0 spiro atoms. The van der Waals surface area contributed by atoms with E-state index in [1.54, 1.807) is 12.1 Å². The highest BCUT2D eigenvalue weighted by Gasteiger charge is 2.26. The molecule has 1 N–H and O–H groups in total. The molecule has 2 aromatic carbocycles. The van der Waals surface area contributed by atoms with Gasteiger partial charge in [0, 0.05) is 24.7 Å². The van der Waals surface area contributed by atoms with Crippen LogP contribution in [0.3, 0.4) is 0 Å². The summed E-state index contributed by atoms with van der Waals surface area (Å²) in [7, 11) is 0. The zero-order valence-electron chi connectivity index (χ0n) is 16.9. The topological polar surface area (TPSA) is 93.9 Å². The van der Waals surface area contributed by atoms with E-state index in [0.29, 0.717) is 29.7 Å². The largest absolute Gasteiger partial charge is 0.486 e. The van der Waals surface area contributed by atoms with Gasteiger partial charge in [0.1, 0.15) is 18.4 Å². The van der Waals surface area contributed by atoms with Crippen LogP contribution >= 0.6 is 0 Å². The van der Waals surface area contributed by atoms with E-state index < -0.39 is 4.92 Å². The van der Waals surface area contributed by atoms with Gasteiger partial charge in [0.15, 0.2) is 11.5 Å². The van der Waals surface area contributed by atoms with Crippen LogP contribution in [0, 0.1) is 16.0 Å². The van der Waals surface area contributed by atoms with Gasteiger partial charge < -0.3 is 19.7 Å². The number of para-hydroxylation sites is 2. The highest BCUT2D eigenvalue weighted by Crippen LogP contribution is 2.33. The summed E-state index contributed by atoms with van der Waals surface area (Å²) >= 11 is 0. The molecule has 1 saturated heterocycles. The molecule has 8 heteroatoms. The number of fused-ring (bicyclic) bond motifs is 1. The quantitative estimate of drug-likeness (QED) is 0.599. The minimum Gasteiger partial charge on any atom is -0.486 e. The van der Waals surface area contributed by atoms with Crippen molar-refractivity contribution in [1.29, 1.82) is 0 Å². The highest BCUT2D eigenvalue weighted by molar-refractivity contribution is 5.95. The number of carbonyl (C=O) groups excluding carboxylic acids is 1. The van der Waals surface area contributed by atoms with Crippen molar-refractivity contribution in [3.63, 3.8) is 0 Å². The molecule has 1 fully saturated rings. The van der Waals surface area contributed by atoms with Crippen molar-refractivity contribution in [2.75, 3.05) is 31.1 Å². The number of amides is 1. The molecule has 0 aliphatic carbocycles. The number of anilines is 1. The second kappa shape index (κ2) is 8.61. The Labute approximate surface area is 174 Å². The number of nitrogens with zero attached hydrogens (tertiary/aromatic N) is 2. The molecule has 158 valence electrons. The minimum absolute atomic E-state index is 0.0385. The third-order valence-corrected chi connectivity index (χ3v) is 5.62. The predicted octanol–water partition coefficient (Wildman–Crippen LogP) is 3.40. The van der Waals surface area contributed by atoms with Crippen molar-refractivity contribution in [2.24, 2.45) is 5.92 Å². The average Bonchev–Trinajstić information content (AvgIpc) is 2.77. The van der Waals surface area contributed by atoms with E-state index in [2.05, 4.69) is 12.2 Å². The number of hydrogen-bond acceptors (Lipinski definition) is 6. The van der Waals surface area contributed by atoms with Gasteiger partial charge in [0.2, 0.25) is 0 Å². The van der Waals surface area contributed by atoms with Crippen molar-refractivity contribution in [3.8, 4) is 11.5 Å². The van der Waals surface area contributed by atoms with Gasteiger partial charge in [-0.1, -0.05) is 19.1 Å². The molecule has 2 heterocycles. The van der Waals surface area contributed by atoms with Crippen molar-refractivity contribution in [1.82, 2.24) is 5.32 Å². The van der Waals surface area contributed by atoms with Gasteiger partial charge in [-0.25, -0.2) is 0 Å². The van der Waals surface area contributed by atoms with Gasteiger partial charge in [-0.15, -0.1) is 0 Å². The molecule has 1 amide bonds. The number of piperidine rings is 1. The van der Waals surface area contributed by atoms with E-state index in [-0.39, 0.29) is 29.8 Å². The Morgan fingerprint density at radius 2 is 1.93 bits per heavy atom. The Kier molecular flexibility index (Phi) is 5.74. The molecule has 30 heavy (non-hydrogen) atoms. The maximum absolute atomic E-state index is 12.6.